The Balaban J connectivity index is 1.44. The predicted molar refractivity (Wildman–Crippen MR) is 111 cm³/mol. The van der Waals surface area contributed by atoms with Crippen LogP contribution < -0.4 is 10.0 Å². The van der Waals surface area contributed by atoms with E-state index in [9.17, 15) is 24.6 Å². The third kappa shape index (κ3) is 3.19. The molecule has 3 aliphatic heterocycles. The maximum Gasteiger partial charge on any atom is 0.272 e. The standard InChI is InChI=1S/C19H24N4O5S2/c1-8-13-12(9(2)24)17(26)23(13)14(18(27)28)15(8)30-10-5-22(6-10)19-20-11(7-29-19)16(25)21(3)4/h7-10,12-13,24H,5-6H2,1-4H3,(H,27,28)/p-1/t8-,9-,12-,13-/m1/s1. The average molecular weight is 452 g/mol. The molecule has 9 nitrogen and oxygen atoms in total. The van der Waals surface area contributed by atoms with Gasteiger partial charge in [0, 0.05) is 48.6 Å². The highest BCUT2D eigenvalue weighted by atomic mass is 32.2. The van der Waals surface area contributed by atoms with E-state index < -0.39 is 18.0 Å². The zero-order valence-electron chi connectivity index (χ0n) is 17.1. The summed E-state index contributed by atoms with van der Waals surface area (Å²) in [5, 5.41) is 24.3. The fourth-order valence-electron chi connectivity index (χ4n) is 4.25. The van der Waals surface area contributed by atoms with Crippen LogP contribution >= 0.6 is 23.1 Å². The maximum absolute atomic E-state index is 12.4. The van der Waals surface area contributed by atoms with Crippen molar-refractivity contribution in [1.82, 2.24) is 14.8 Å². The molecule has 3 aliphatic rings. The van der Waals surface area contributed by atoms with E-state index in [1.165, 1.54) is 32.9 Å². The molecule has 4 rings (SSSR count). The quantitative estimate of drug-likeness (QED) is 0.580. The van der Waals surface area contributed by atoms with Gasteiger partial charge in [-0.25, -0.2) is 4.98 Å². The summed E-state index contributed by atoms with van der Waals surface area (Å²) in [6.07, 6.45) is -0.822. The zero-order chi connectivity index (χ0) is 21.9. The van der Waals surface area contributed by atoms with Crippen molar-refractivity contribution >= 4 is 46.0 Å². The lowest BCUT2D eigenvalue weighted by Gasteiger charge is -2.47. The minimum absolute atomic E-state index is 0.0500. The number of carboxylic acid groups (broad SMARTS) is 1. The van der Waals surface area contributed by atoms with Crippen molar-refractivity contribution in [3.05, 3.63) is 21.7 Å². The smallest absolute Gasteiger partial charge is 0.272 e. The van der Waals surface area contributed by atoms with E-state index in [0.29, 0.717) is 23.7 Å². The first-order valence-electron chi connectivity index (χ1n) is 9.67. The summed E-state index contributed by atoms with van der Waals surface area (Å²) in [7, 11) is 3.36. The van der Waals surface area contributed by atoms with Gasteiger partial charge in [0.05, 0.1) is 29.7 Å². The van der Waals surface area contributed by atoms with Crippen LogP contribution in [0.4, 0.5) is 5.13 Å². The van der Waals surface area contributed by atoms with Crippen LogP contribution in [0.3, 0.4) is 0 Å². The summed E-state index contributed by atoms with van der Waals surface area (Å²) < 4.78 is 0. The fraction of sp³-hybridized carbons (Fsp3) is 0.579. The number of thiazole rings is 1. The molecule has 0 radical (unpaired) electrons. The number of nitrogens with zero attached hydrogens (tertiary/aromatic N) is 4. The van der Waals surface area contributed by atoms with Crippen LogP contribution in [0.15, 0.2) is 16.0 Å². The molecule has 2 saturated heterocycles. The number of anilines is 1. The Labute approximate surface area is 182 Å². The van der Waals surface area contributed by atoms with E-state index in [1.807, 2.05) is 11.8 Å². The largest absolute Gasteiger partial charge is 0.543 e. The van der Waals surface area contributed by atoms with Crippen LogP contribution in [0, 0.1) is 11.8 Å². The summed E-state index contributed by atoms with van der Waals surface area (Å²) >= 11 is 2.87. The molecular formula is C19H23N4O5S2-. The van der Waals surface area contributed by atoms with E-state index in [2.05, 4.69) is 4.98 Å². The maximum atomic E-state index is 12.4. The molecule has 1 N–H and O–H groups in total. The Morgan fingerprint density at radius 2 is 2.07 bits per heavy atom. The normalized spacial score (nSPS) is 27.0. The second-order valence-electron chi connectivity index (χ2n) is 8.11. The van der Waals surface area contributed by atoms with Crippen molar-refractivity contribution in [2.45, 2.75) is 31.2 Å². The first-order valence-corrected chi connectivity index (χ1v) is 11.4. The number of thioether (sulfide) groups is 1. The van der Waals surface area contributed by atoms with E-state index in [1.54, 1.807) is 26.4 Å². The lowest BCUT2D eigenvalue weighted by molar-refractivity contribution is -0.301. The summed E-state index contributed by atoms with van der Waals surface area (Å²) in [6, 6.07) is -0.331. The average Bonchev–Trinajstić information content (AvgIpc) is 3.19. The Morgan fingerprint density at radius 3 is 2.63 bits per heavy atom. The molecule has 2 amide bonds. The number of aromatic nitrogens is 1. The van der Waals surface area contributed by atoms with Crippen LogP contribution in [0.5, 0.6) is 0 Å². The Kier molecular flexibility index (Phi) is 5.31. The number of carbonyl (C=O) groups excluding carboxylic acids is 3. The third-order valence-electron chi connectivity index (χ3n) is 5.83. The molecular weight excluding hydrogens is 428 g/mol. The Hall–Kier alpha value is -2.11. The number of β-lactam (4-membered cyclic amide) rings is 1. The van der Waals surface area contributed by atoms with Gasteiger partial charge < -0.3 is 29.7 Å². The van der Waals surface area contributed by atoms with Gasteiger partial charge in [-0.05, 0) is 6.92 Å². The van der Waals surface area contributed by atoms with Gasteiger partial charge in [-0.15, -0.1) is 23.1 Å². The fourth-order valence-corrected chi connectivity index (χ4v) is 6.59. The molecule has 0 aromatic carbocycles. The van der Waals surface area contributed by atoms with Gasteiger partial charge in [0.25, 0.3) is 5.91 Å². The molecule has 0 unspecified atom stereocenters. The van der Waals surface area contributed by atoms with Crippen molar-refractivity contribution in [2.75, 3.05) is 32.1 Å². The number of aliphatic hydroxyl groups excluding tert-OH is 1. The molecule has 1 aromatic heterocycles. The molecule has 11 heteroatoms. The molecule has 0 spiro atoms. The number of carboxylic acids is 1. The van der Waals surface area contributed by atoms with Crippen LogP contribution in [0.25, 0.3) is 0 Å². The Morgan fingerprint density at radius 1 is 1.40 bits per heavy atom. The van der Waals surface area contributed by atoms with Crippen molar-refractivity contribution in [2.24, 2.45) is 11.8 Å². The number of rotatable bonds is 6. The van der Waals surface area contributed by atoms with Gasteiger partial charge in [-0.2, -0.15) is 0 Å². The molecule has 4 atom stereocenters. The van der Waals surface area contributed by atoms with Crippen molar-refractivity contribution in [3.63, 3.8) is 0 Å². The summed E-state index contributed by atoms with van der Waals surface area (Å²) in [6.45, 7) is 4.79. The minimum atomic E-state index is -1.35. The van der Waals surface area contributed by atoms with Gasteiger partial charge in [0.15, 0.2) is 5.13 Å². The summed E-state index contributed by atoms with van der Waals surface area (Å²) in [5.74, 6) is -2.60. The molecule has 162 valence electrons. The van der Waals surface area contributed by atoms with Gasteiger partial charge in [-0.1, -0.05) is 6.92 Å². The molecule has 2 fully saturated rings. The topological polar surface area (TPSA) is 117 Å². The zero-order valence-corrected chi connectivity index (χ0v) is 18.7. The lowest BCUT2D eigenvalue weighted by Crippen LogP contribution is -2.64. The SMILES string of the molecule is C[C@@H](O)[C@H]1C(=O)N2C(C(=O)[O-])=C(SC3CN(c4nc(C(=O)N(C)C)cs4)C3)[C@H](C)[C@H]12. The highest BCUT2D eigenvalue weighted by Crippen LogP contribution is 2.52. The van der Waals surface area contributed by atoms with Gasteiger partial charge in [0.1, 0.15) is 5.69 Å². The van der Waals surface area contributed by atoms with E-state index >= 15 is 0 Å². The number of fused-ring (bicyclic) bond motifs is 1. The first kappa shape index (κ1) is 21.1. The first-order chi connectivity index (χ1) is 14.1. The van der Waals surface area contributed by atoms with Crippen LogP contribution in [-0.2, 0) is 9.59 Å². The number of aliphatic hydroxyl groups is 1. The highest BCUT2D eigenvalue weighted by molar-refractivity contribution is 8.03. The lowest BCUT2D eigenvalue weighted by atomic mass is 9.79. The molecule has 1 aromatic rings. The number of aliphatic carboxylic acids is 1. The highest BCUT2D eigenvalue weighted by Gasteiger charge is 2.59. The number of carbonyl (C=O) groups is 3. The Bertz CT molecular complexity index is 937. The van der Waals surface area contributed by atoms with Crippen molar-refractivity contribution in [3.8, 4) is 0 Å². The van der Waals surface area contributed by atoms with Gasteiger partial charge in [-0.3, -0.25) is 9.59 Å². The second-order valence-corrected chi connectivity index (χ2v) is 10.3. The van der Waals surface area contributed by atoms with Crippen molar-refractivity contribution in [1.29, 1.82) is 0 Å². The van der Waals surface area contributed by atoms with Gasteiger partial charge >= 0.3 is 0 Å². The summed E-state index contributed by atoms with van der Waals surface area (Å²) in [5.41, 5.74) is 0.362. The van der Waals surface area contributed by atoms with Crippen LogP contribution in [0.1, 0.15) is 24.3 Å². The monoisotopic (exact) mass is 451 g/mol. The van der Waals surface area contributed by atoms with Crippen molar-refractivity contribution < 1.29 is 24.6 Å². The van der Waals surface area contributed by atoms with Crippen LogP contribution in [-0.4, -0.2) is 82.3 Å². The molecule has 30 heavy (non-hydrogen) atoms. The van der Waals surface area contributed by atoms with Crippen LogP contribution in [0.2, 0.25) is 0 Å². The van der Waals surface area contributed by atoms with E-state index in [-0.39, 0.29) is 34.7 Å². The third-order valence-corrected chi connectivity index (χ3v) is 8.18. The molecule has 0 saturated carbocycles. The molecule has 0 aliphatic carbocycles. The number of amides is 2. The molecule has 4 heterocycles. The van der Waals surface area contributed by atoms with E-state index in [4.69, 9.17) is 0 Å². The number of hydrogen-bond acceptors (Lipinski definition) is 9. The summed E-state index contributed by atoms with van der Waals surface area (Å²) in [4.78, 5) is 46.0. The predicted octanol–water partition coefficient (Wildman–Crippen LogP) is -0.414. The minimum Gasteiger partial charge on any atom is -0.543 e. The second kappa shape index (κ2) is 7.54. The number of hydrogen-bond donors (Lipinski definition) is 1. The molecule has 0 bridgehead atoms. The van der Waals surface area contributed by atoms with E-state index in [0.717, 1.165) is 5.13 Å². The van der Waals surface area contributed by atoms with Gasteiger partial charge in [0.2, 0.25) is 5.91 Å².